The summed E-state index contributed by atoms with van der Waals surface area (Å²) in [7, 11) is 1.96. The molecule has 1 saturated heterocycles. The predicted molar refractivity (Wildman–Crippen MR) is 127 cm³/mol. The molecule has 4 rings (SSSR count). The number of nitrogens with zero attached hydrogens (tertiary/aromatic N) is 5. The van der Waals surface area contributed by atoms with Gasteiger partial charge in [-0.15, -0.1) is 0 Å². The third-order valence-electron chi connectivity index (χ3n) is 6.68. The molecule has 32 heavy (non-hydrogen) atoms. The molecular weight excluding hydrogens is 398 g/mol. The molecule has 1 aromatic carbocycles. The minimum Gasteiger partial charge on any atom is -0.342 e. The molecule has 1 amide bonds. The molecule has 1 aliphatic heterocycles. The number of hydrogen-bond acceptors (Lipinski definition) is 4. The number of rotatable bonds is 7. The summed E-state index contributed by atoms with van der Waals surface area (Å²) < 4.78 is 1.94. The van der Waals surface area contributed by atoms with Gasteiger partial charge in [0.2, 0.25) is 5.91 Å². The number of hydrogen-bond donors (Lipinski definition) is 0. The van der Waals surface area contributed by atoms with Crippen molar-refractivity contribution in [3.63, 3.8) is 0 Å². The number of carbonyl (C=O) groups is 1. The van der Waals surface area contributed by atoms with Crippen LogP contribution < -0.4 is 0 Å². The zero-order valence-electron chi connectivity index (χ0n) is 19.4. The van der Waals surface area contributed by atoms with Crippen molar-refractivity contribution in [3.05, 3.63) is 77.4 Å². The van der Waals surface area contributed by atoms with Gasteiger partial charge >= 0.3 is 0 Å². The minimum atomic E-state index is 0.177. The molecule has 3 aromatic rings. The van der Waals surface area contributed by atoms with Crippen molar-refractivity contribution in [2.75, 3.05) is 26.7 Å². The quantitative estimate of drug-likeness (QED) is 0.574. The lowest BCUT2D eigenvalue weighted by Gasteiger charge is -2.36. The number of likely N-dealkylation sites (tertiary alicyclic amines) is 1. The summed E-state index contributed by atoms with van der Waals surface area (Å²) >= 11 is 0. The fourth-order valence-corrected chi connectivity index (χ4v) is 4.58. The van der Waals surface area contributed by atoms with Crippen LogP contribution in [-0.2, 0) is 17.6 Å². The summed E-state index contributed by atoms with van der Waals surface area (Å²) in [5.41, 5.74) is 5.18. The van der Waals surface area contributed by atoms with E-state index in [1.807, 2.05) is 72.2 Å². The third kappa shape index (κ3) is 5.07. The van der Waals surface area contributed by atoms with Gasteiger partial charge in [0.15, 0.2) is 0 Å². The first-order valence-corrected chi connectivity index (χ1v) is 11.5. The van der Waals surface area contributed by atoms with Crippen LogP contribution in [0.25, 0.3) is 5.69 Å². The molecule has 0 N–H and O–H groups in total. The first kappa shape index (κ1) is 22.2. The van der Waals surface area contributed by atoms with Crippen LogP contribution in [0.3, 0.4) is 0 Å². The van der Waals surface area contributed by atoms with E-state index in [9.17, 15) is 4.79 Å². The summed E-state index contributed by atoms with van der Waals surface area (Å²) in [4.78, 5) is 22.0. The Labute approximate surface area is 190 Å². The van der Waals surface area contributed by atoms with E-state index in [-0.39, 0.29) is 5.91 Å². The van der Waals surface area contributed by atoms with Crippen molar-refractivity contribution in [2.45, 2.75) is 45.6 Å². The zero-order valence-corrected chi connectivity index (χ0v) is 19.4. The number of piperidine rings is 1. The average Bonchev–Trinajstić information content (AvgIpc) is 3.12. The van der Waals surface area contributed by atoms with E-state index in [1.54, 1.807) is 0 Å². The Hall–Kier alpha value is -2.99. The molecule has 168 valence electrons. The van der Waals surface area contributed by atoms with Crippen LogP contribution in [0.15, 0.2) is 54.7 Å². The number of para-hydroxylation sites is 1. The number of benzene rings is 1. The molecule has 0 unspecified atom stereocenters. The van der Waals surface area contributed by atoms with Crippen LogP contribution in [0, 0.1) is 13.8 Å². The summed E-state index contributed by atoms with van der Waals surface area (Å²) in [5, 5.41) is 4.69. The van der Waals surface area contributed by atoms with Crippen molar-refractivity contribution in [1.82, 2.24) is 24.6 Å². The van der Waals surface area contributed by atoms with Crippen LogP contribution in [0.5, 0.6) is 0 Å². The Morgan fingerprint density at radius 3 is 2.47 bits per heavy atom. The molecule has 0 saturated carbocycles. The number of amides is 1. The first-order valence-electron chi connectivity index (χ1n) is 11.5. The van der Waals surface area contributed by atoms with Crippen molar-refractivity contribution in [3.8, 4) is 5.69 Å². The van der Waals surface area contributed by atoms with Gasteiger partial charge < -0.3 is 9.80 Å². The van der Waals surface area contributed by atoms with Gasteiger partial charge in [-0.2, -0.15) is 5.10 Å². The Morgan fingerprint density at radius 2 is 1.78 bits per heavy atom. The van der Waals surface area contributed by atoms with E-state index in [0.717, 1.165) is 67.2 Å². The average molecular weight is 432 g/mol. The van der Waals surface area contributed by atoms with Crippen molar-refractivity contribution in [2.24, 2.45) is 0 Å². The molecule has 3 heterocycles. The molecule has 1 fully saturated rings. The summed E-state index contributed by atoms with van der Waals surface area (Å²) in [6.45, 7) is 7.13. The van der Waals surface area contributed by atoms with Gasteiger partial charge in [0.25, 0.3) is 0 Å². The van der Waals surface area contributed by atoms with Gasteiger partial charge in [0.1, 0.15) is 0 Å². The third-order valence-corrected chi connectivity index (χ3v) is 6.68. The number of aryl methyl sites for hydroxylation is 1. The number of likely N-dealkylation sites (N-methyl/N-ethyl adjacent to an activating group) is 1. The highest BCUT2D eigenvalue weighted by Gasteiger charge is 2.26. The lowest BCUT2D eigenvalue weighted by molar-refractivity contribution is -0.132. The fourth-order valence-electron chi connectivity index (χ4n) is 4.58. The molecule has 6 heteroatoms. The molecule has 2 aromatic heterocycles. The Morgan fingerprint density at radius 1 is 1.06 bits per heavy atom. The largest absolute Gasteiger partial charge is 0.342 e. The van der Waals surface area contributed by atoms with Gasteiger partial charge in [-0.25, -0.2) is 4.68 Å². The second-order valence-corrected chi connectivity index (χ2v) is 8.72. The van der Waals surface area contributed by atoms with Crippen LogP contribution in [0.4, 0.5) is 0 Å². The number of aromatic nitrogens is 3. The zero-order chi connectivity index (χ0) is 22.5. The Balaban J connectivity index is 1.31. The minimum absolute atomic E-state index is 0.177. The number of pyridine rings is 1. The maximum Gasteiger partial charge on any atom is 0.227 e. The van der Waals surface area contributed by atoms with E-state index in [2.05, 4.69) is 22.9 Å². The van der Waals surface area contributed by atoms with Crippen molar-refractivity contribution >= 4 is 5.91 Å². The lowest BCUT2D eigenvalue weighted by Crippen LogP contribution is -2.46. The van der Waals surface area contributed by atoms with E-state index in [0.29, 0.717) is 12.5 Å². The van der Waals surface area contributed by atoms with Gasteiger partial charge in [-0.1, -0.05) is 24.3 Å². The highest BCUT2D eigenvalue weighted by atomic mass is 16.2. The summed E-state index contributed by atoms with van der Waals surface area (Å²) in [6.07, 6.45) is 5.28. The highest BCUT2D eigenvalue weighted by molar-refractivity contribution is 5.79. The molecule has 0 bridgehead atoms. The van der Waals surface area contributed by atoms with Crippen LogP contribution in [-0.4, -0.2) is 63.2 Å². The van der Waals surface area contributed by atoms with Crippen molar-refractivity contribution in [1.29, 1.82) is 0 Å². The maximum atomic E-state index is 13.1. The van der Waals surface area contributed by atoms with Crippen LogP contribution in [0.2, 0.25) is 0 Å². The second kappa shape index (κ2) is 10.1. The topological polar surface area (TPSA) is 54.3 Å². The van der Waals surface area contributed by atoms with Crippen molar-refractivity contribution < 1.29 is 4.79 Å². The van der Waals surface area contributed by atoms with E-state index < -0.39 is 0 Å². The normalized spacial score (nSPS) is 15.1. The van der Waals surface area contributed by atoms with Gasteiger partial charge in [0.05, 0.1) is 17.8 Å². The van der Waals surface area contributed by atoms with Crippen LogP contribution >= 0.6 is 0 Å². The van der Waals surface area contributed by atoms with E-state index in [1.165, 1.54) is 0 Å². The molecular formula is C26H33N5O. The van der Waals surface area contributed by atoms with E-state index in [4.69, 9.17) is 5.10 Å². The maximum absolute atomic E-state index is 13.1. The molecule has 0 radical (unpaired) electrons. The van der Waals surface area contributed by atoms with Gasteiger partial charge in [-0.05, 0) is 51.0 Å². The smallest absolute Gasteiger partial charge is 0.227 e. The van der Waals surface area contributed by atoms with Gasteiger partial charge in [-0.3, -0.25) is 9.78 Å². The first-order chi connectivity index (χ1) is 15.5. The van der Waals surface area contributed by atoms with Gasteiger partial charge in [0, 0.05) is 62.3 Å². The lowest BCUT2D eigenvalue weighted by atomic mass is 10.0. The SMILES string of the molecule is Cc1nn(-c2ccccc2)c(C)c1CC(=O)N(C)C1CCN(CCc2ccccn2)CC1. The highest BCUT2D eigenvalue weighted by Crippen LogP contribution is 2.21. The Bertz CT molecular complexity index is 1020. The standard InChI is InChI=1S/C26H33N5O/c1-20-25(21(2)31(28-20)24-10-5-4-6-11-24)19-26(32)29(3)23-13-17-30(18-14-23)16-12-22-9-7-8-15-27-22/h4-11,15,23H,12-14,16-19H2,1-3H3. The second-order valence-electron chi connectivity index (χ2n) is 8.72. The molecule has 0 spiro atoms. The van der Waals surface area contributed by atoms with E-state index >= 15 is 0 Å². The summed E-state index contributed by atoms with van der Waals surface area (Å²) in [6, 6.07) is 16.5. The molecule has 0 atom stereocenters. The molecule has 0 aliphatic carbocycles. The molecule has 6 nitrogen and oxygen atoms in total. The fraction of sp³-hybridized carbons (Fsp3) is 0.423. The Kier molecular flexibility index (Phi) is 7.00. The van der Waals surface area contributed by atoms with Crippen LogP contribution in [0.1, 0.15) is 35.5 Å². The monoisotopic (exact) mass is 431 g/mol. The number of carbonyl (C=O) groups excluding carboxylic acids is 1. The summed E-state index contributed by atoms with van der Waals surface area (Å²) in [5.74, 6) is 0.177. The predicted octanol–water partition coefficient (Wildman–Crippen LogP) is 3.59. The molecule has 1 aliphatic rings.